The van der Waals surface area contributed by atoms with Gasteiger partial charge in [-0.3, -0.25) is 4.40 Å². The van der Waals surface area contributed by atoms with E-state index in [9.17, 15) is 0 Å². The number of hydrogen-bond donors (Lipinski definition) is 0. The van der Waals surface area contributed by atoms with E-state index in [1.54, 1.807) is 0 Å². The zero-order valence-electron chi connectivity index (χ0n) is 30.8. The molecule has 264 valence electrons. The maximum atomic E-state index is 5.26. The van der Waals surface area contributed by atoms with Crippen LogP contribution in [0.25, 0.3) is 115 Å². The van der Waals surface area contributed by atoms with Crippen LogP contribution in [0.15, 0.2) is 194 Å². The fraction of sp³-hybridized carbons (Fsp3) is 0. The molecular formula is C53H32N4. The Balaban J connectivity index is 1.16. The van der Waals surface area contributed by atoms with E-state index < -0.39 is 0 Å². The van der Waals surface area contributed by atoms with Crippen molar-refractivity contribution in [3.63, 3.8) is 0 Å². The van der Waals surface area contributed by atoms with Gasteiger partial charge < -0.3 is 9.13 Å². The average molecular weight is 725 g/mol. The second kappa shape index (κ2) is 11.4. The van der Waals surface area contributed by atoms with Crippen LogP contribution in [0.5, 0.6) is 0 Å². The molecule has 13 rings (SSSR count). The number of hydrogen-bond acceptors (Lipinski definition) is 1. The van der Waals surface area contributed by atoms with Crippen molar-refractivity contribution >= 4 is 92.7 Å². The molecule has 0 spiro atoms. The highest BCUT2D eigenvalue weighted by atomic mass is 15.0. The molecular weight excluding hydrogens is 693 g/mol. The van der Waals surface area contributed by atoms with Crippen molar-refractivity contribution in [2.24, 2.45) is 0 Å². The smallest absolute Gasteiger partial charge is 0.147 e. The maximum Gasteiger partial charge on any atom is 0.147 e. The molecule has 57 heavy (non-hydrogen) atoms. The van der Waals surface area contributed by atoms with Crippen LogP contribution < -0.4 is 0 Å². The van der Waals surface area contributed by atoms with Gasteiger partial charge in [0.05, 0.1) is 38.6 Å². The maximum absolute atomic E-state index is 5.26. The Hall–Kier alpha value is -7.69. The van der Waals surface area contributed by atoms with E-state index in [1.807, 2.05) is 0 Å². The Labute approximate surface area is 326 Å². The summed E-state index contributed by atoms with van der Waals surface area (Å²) in [5.74, 6) is 0. The van der Waals surface area contributed by atoms with Crippen LogP contribution in [0, 0.1) is 0 Å². The van der Waals surface area contributed by atoms with Crippen LogP contribution in [0.3, 0.4) is 0 Å². The van der Waals surface area contributed by atoms with Gasteiger partial charge in [0, 0.05) is 43.7 Å². The molecule has 4 heteroatoms. The minimum absolute atomic E-state index is 0.991. The standard InChI is InChI=1S/C53H32N4/c1-2-14-38-33(13-1)25-27-43-44-31-34(26-28-50(44)57-51-24-12-7-19-45(51)54-53(57)52(38)43)35-29-36(55-46-20-8-3-15-39(46)40-16-4-9-21-47(40)55)32-37(30-35)56-48-22-10-5-17-41(48)42-18-6-11-23-49(42)56/h1-32H. The third-order valence-electron chi connectivity index (χ3n) is 12.2. The molecule has 0 aliphatic heterocycles. The molecule has 0 aliphatic carbocycles. The second-order valence-corrected chi connectivity index (χ2v) is 15.2. The molecule has 9 aromatic carbocycles. The largest absolute Gasteiger partial charge is 0.309 e. The van der Waals surface area contributed by atoms with E-state index in [4.69, 9.17) is 4.98 Å². The Morgan fingerprint density at radius 1 is 0.316 bits per heavy atom. The van der Waals surface area contributed by atoms with Gasteiger partial charge in [0.25, 0.3) is 0 Å². The van der Waals surface area contributed by atoms with Crippen LogP contribution in [0.1, 0.15) is 0 Å². The van der Waals surface area contributed by atoms with Crippen LogP contribution in [0.2, 0.25) is 0 Å². The fourth-order valence-electron chi connectivity index (χ4n) is 9.72. The van der Waals surface area contributed by atoms with Gasteiger partial charge in [-0.2, -0.15) is 0 Å². The summed E-state index contributed by atoms with van der Waals surface area (Å²) in [4.78, 5) is 5.26. The lowest BCUT2D eigenvalue weighted by molar-refractivity contribution is 1.13. The minimum atomic E-state index is 0.991. The molecule has 0 aliphatic rings. The predicted molar refractivity (Wildman–Crippen MR) is 239 cm³/mol. The van der Waals surface area contributed by atoms with E-state index in [2.05, 4.69) is 208 Å². The van der Waals surface area contributed by atoms with Gasteiger partial charge in [-0.25, -0.2) is 4.98 Å². The van der Waals surface area contributed by atoms with Crippen molar-refractivity contribution in [2.75, 3.05) is 0 Å². The number of aromatic nitrogens is 4. The molecule has 4 heterocycles. The third kappa shape index (κ3) is 4.24. The molecule has 0 saturated heterocycles. The normalized spacial score (nSPS) is 12.2. The van der Waals surface area contributed by atoms with Gasteiger partial charge in [0.2, 0.25) is 0 Å². The number of benzene rings is 9. The van der Waals surface area contributed by atoms with E-state index in [1.165, 1.54) is 70.5 Å². The molecule has 0 amide bonds. The van der Waals surface area contributed by atoms with Gasteiger partial charge in [0.1, 0.15) is 5.65 Å². The van der Waals surface area contributed by atoms with Crippen LogP contribution in [-0.2, 0) is 0 Å². The lowest BCUT2D eigenvalue weighted by Crippen LogP contribution is -2.00. The predicted octanol–water partition coefficient (Wildman–Crippen LogP) is 13.8. The summed E-state index contributed by atoms with van der Waals surface area (Å²) in [5.41, 5.74) is 13.6. The summed E-state index contributed by atoms with van der Waals surface area (Å²) in [7, 11) is 0. The van der Waals surface area contributed by atoms with Crippen molar-refractivity contribution in [2.45, 2.75) is 0 Å². The number of pyridine rings is 1. The summed E-state index contributed by atoms with van der Waals surface area (Å²) in [6.45, 7) is 0. The first kappa shape index (κ1) is 30.6. The van der Waals surface area contributed by atoms with Gasteiger partial charge >= 0.3 is 0 Å². The van der Waals surface area contributed by atoms with Crippen LogP contribution in [0.4, 0.5) is 0 Å². The zero-order chi connectivity index (χ0) is 37.2. The lowest BCUT2D eigenvalue weighted by atomic mass is 9.96. The summed E-state index contributed by atoms with van der Waals surface area (Å²) in [6.07, 6.45) is 0. The van der Waals surface area contributed by atoms with Crippen LogP contribution in [-0.4, -0.2) is 18.5 Å². The highest BCUT2D eigenvalue weighted by molar-refractivity contribution is 6.23. The highest BCUT2D eigenvalue weighted by Crippen LogP contribution is 2.41. The van der Waals surface area contributed by atoms with Crippen molar-refractivity contribution in [1.29, 1.82) is 0 Å². The van der Waals surface area contributed by atoms with Crippen molar-refractivity contribution in [1.82, 2.24) is 18.5 Å². The molecule has 0 saturated carbocycles. The molecule has 0 unspecified atom stereocenters. The summed E-state index contributed by atoms with van der Waals surface area (Å²) in [5, 5.41) is 11.0. The average Bonchev–Trinajstić information content (AvgIpc) is 3.94. The Morgan fingerprint density at radius 3 is 1.42 bits per heavy atom. The monoisotopic (exact) mass is 724 g/mol. The zero-order valence-corrected chi connectivity index (χ0v) is 30.8. The van der Waals surface area contributed by atoms with Gasteiger partial charge in [-0.05, 0) is 94.0 Å². The van der Waals surface area contributed by atoms with Crippen molar-refractivity contribution in [3.05, 3.63) is 194 Å². The number of rotatable bonds is 3. The number of para-hydroxylation sites is 6. The number of nitrogens with zero attached hydrogens (tertiary/aromatic N) is 4. The van der Waals surface area contributed by atoms with Crippen molar-refractivity contribution in [3.8, 4) is 22.5 Å². The first-order valence-corrected chi connectivity index (χ1v) is 19.6. The fourth-order valence-corrected chi connectivity index (χ4v) is 9.72. The molecule has 4 aromatic heterocycles. The van der Waals surface area contributed by atoms with Gasteiger partial charge in [0.15, 0.2) is 0 Å². The van der Waals surface area contributed by atoms with Crippen LogP contribution >= 0.6 is 0 Å². The second-order valence-electron chi connectivity index (χ2n) is 15.2. The first-order valence-electron chi connectivity index (χ1n) is 19.6. The van der Waals surface area contributed by atoms with Crippen molar-refractivity contribution < 1.29 is 0 Å². The Bertz CT molecular complexity index is 3580. The number of imidazole rings is 1. The Kier molecular flexibility index (Phi) is 6.13. The van der Waals surface area contributed by atoms with E-state index in [0.29, 0.717) is 0 Å². The summed E-state index contributed by atoms with van der Waals surface area (Å²) >= 11 is 0. The highest BCUT2D eigenvalue weighted by Gasteiger charge is 2.20. The SMILES string of the molecule is c1ccc2c(c1)ccc1c3cc(-c4cc(-n5c6ccccc6c6ccccc65)cc(-n5c6ccccc6c6ccccc65)c4)ccc3n3c4ccccc4nc3c21. The molecule has 0 N–H and O–H groups in total. The molecule has 0 fully saturated rings. The lowest BCUT2D eigenvalue weighted by Gasteiger charge is -2.17. The topological polar surface area (TPSA) is 27.2 Å². The van der Waals surface area contributed by atoms with Gasteiger partial charge in [-0.15, -0.1) is 0 Å². The van der Waals surface area contributed by atoms with E-state index in [0.717, 1.165) is 44.7 Å². The van der Waals surface area contributed by atoms with Gasteiger partial charge in [-0.1, -0.05) is 127 Å². The molecule has 0 atom stereocenters. The quantitative estimate of drug-likeness (QED) is 0.167. The Morgan fingerprint density at radius 2 is 0.825 bits per heavy atom. The molecule has 4 nitrogen and oxygen atoms in total. The molecule has 0 bridgehead atoms. The summed E-state index contributed by atoms with van der Waals surface area (Å²) in [6, 6.07) is 70.9. The first-order chi connectivity index (χ1) is 28.3. The van der Waals surface area contributed by atoms with E-state index in [-0.39, 0.29) is 0 Å². The number of fused-ring (bicyclic) bond motifs is 16. The summed E-state index contributed by atoms with van der Waals surface area (Å²) < 4.78 is 7.24. The van der Waals surface area contributed by atoms with E-state index >= 15 is 0 Å². The molecule has 13 aromatic rings. The minimum Gasteiger partial charge on any atom is -0.309 e. The molecule has 0 radical (unpaired) electrons. The third-order valence-corrected chi connectivity index (χ3v) is 12.2.